The molecule has 2 rings (SSSR count). The number of nitrogens with zero attached hydrogens (tertiary/aromatic N) is 2. The second kappa shape index (κ2) is 10.4. The van der Waals surface area contributed by atoms with Crippen LogP contribution >= 0.6 is 23.2 Å². The quantitative estimate of drug-likeness (QED) is 0.594. The second-order valence-corrected chi connectivity index (χ2v) is 6.51. The van der Waals surface area contributed by atoms with Crippen LogP contribution in [0.3, 0.4) is 0 Å². The van der Waals surface area contributed by atoms with Crippen molar-refractivity contribution in [2.24, 2.45) is 0 Å². The van der Waals surface area contributed by atoms with Crippen molar-refractivity contribution in [1.29, 1.82) is 0 Å². The van der Waals surface area contributed by atoms with Crippen molar-refractivity contribution in [2.45, 2.75) is 25.7 Å². The number of halogens is 2. The summed E-state index contributed by atoms with van der Waals surface area (Å²) < 4.78 is 11.0. The lowest BCUT2D eigenvalue weighted by molar-refractivity contribution is 0.255. The first kappa shape index (κ1) is 20.5. The predicted octanol–water partition coefficient (Wildman–Crippen LogP) is 4.59. The number of pyridine rings is 2. The Labute approximate surface area is 163 Å². The van der Waals surface area contributed by atoms with Gasteiger partial charge in [0, 0.05) is 25.4 Å². The first-order valence-electron chi connectivity index (χ1n) is 8.31. The third kappa shape index (κ3) is 5.59. The van der Waals surface area contributed by atoms with Crippen molar-refractivity contribution in [3.8, 4) is 11.6 Å². The molecule has 0 aromatic carbocycles. The molecular formula is C19H22Cl2N2O3. The predicted molar refractivity (Wildman–Crippen MR) is 104 cm³/mol. The van der Waals surface area contributed by atoms with Crippen LogP contribution in [0.4, 0.5) is 0 Å². The summed E-state index contributed by atoms with van der Waals surface area (Å²) in [5.74, 6) is 0.978. The number of unbranched alkanes of at least 4 members (excludes halogenated alkanes) is 2. The van der Waals surface area contributed by atoms with Crippen LogP contribution in [0.15, 0.2) is 31.1 Å². The number of hydrogen-bond acceptors (Lipinski definition) is 5. The van der Waals surface area contributed by atoms with E-state index >= 15 is 0 Å². The molecule has 26 heavy (non-hydrogen) atoms. The Balaban J connectivity index is 2.11. The van der Waals surface area contributed by atoms with E-state index < -0.39 is 0 Å². The highest BCUT2D eigenvalue weighted by atomic mass is 35.5. The van der Waals surface area contributed by atoms with Gasteiger partial charge in [0.15, 0.2) is 5.75 Å². The SMILES string of the molecule is C=C(Cc1c(Cl)cncc1Cl)c1ccc(OC)c(OCCCCCO)n1. The second-order valence-electron chi connectivity index (χ2n) is 5.70. The molecule has 0 aliphatic carbocycles. The molecule has 2 aromatic rings. The van der Waals surface area contributed by atoms with Crippen molar-refractivity contribution in [2.75, 3.05) is 20.3 Å². The lowest BCUT2D eigenvalue weighted by Crippen LogP contribution is -2.04. The molecule has 0 saturated heterocycles. The van der Waals surface area contributed by atoms with Crippen LogP contribution in [0, 0.1) is 0 Å². The molecule has 0 unspecified atom stereocenters. The van der Waals surface area contributed by atoms with E-state index in [9.17, 15) is 0 Å². The van der Waals surface area contributed by atoms with Crippen LogP contribution in [0.25, 0.3) is 5.57 Å². The van der Waals surface area contributed by atoms with Crippen molar-refractivity contribution in [3.05, 3.63) is 52.4 Å². The van der Waals surface area contributed by atoms with Gasteiger partial charge in [-0.1, -0.05) is 29.8 Å². The van der Waals surface area contributed by atoms with Gasteiger partial charge >= 0.3 is 0 Å². The molecule has 0 atom stereocenters. The van der Waals surface area contributed by atoms with Crippen LogP contribution < -0.4 is 9.47 Å². The Bertz CT molecular complexity index is 733. The van der Waals surface area contributed by atoms with Gasteiger partial charge in [0.1, 0.15) is 0 Å². The monoisotopic (exact) mass is 396 g/mol. The van der Waals surface area contributed by atoms with Crippen molar-refractivity contribution in [1.82, 2.24) is 9.97 Å². The van der Waals surface area contributed by atoms with Crippen LogP contribution in [-0.4, -0.2) is 35.4 Å². The van der Waals surface area contributed by atoms with Gasteiger partial charge < -0.3 is 14.6 Å². The fraction of sp³-hybridized carbons (Fsp3) is 0.368. The average molecular weight is 397 g/mol. The van der Waals surface area contributed by atoms with Gasteiger partial charge in [-0.05, 0) is 42.5 Å². The number of allylic oxidation sites excluding steroid dienone is 1. The molecule has 5 nitrogen and oxygen atoms in total. The Morgan fingerprint density at radius 3 is 2.54 bits per heavy atom. The first-order chi connectivity index (χ1) is 12.6. The molecule has 140 valence electrons. The first-order valence-corrected chi connectivity index (χ1v) is 9.07. The molecule has 2 aromatic heterocycles. The smallest absolute Gasteiger partial charge is 0.257 e. The van der Waals surface area contributed by atoms with Crippen molar-refractivity contribution < 1.29 is 14.6 Å². The number of rotatable bonds is 10. The zero-order chi connectivity index (χ0) is 18.9. The number of aliphatic hydroxyl groups is 1. The Kier molecular flexibility index (Phi) is 8.16. The van der Waals surface area contributed by atoms with E-state index in [4.69, 9.17) is 37.8 Å². The Morgan fingerprint density at radius 2 is 1.88 bits per heavy atom. The van der Waals surface area contributed by atoms with Gasteiger partial charge in [-0.15, -0.1) is 0 Å². The normalized spacial score (nSPS) is 10.6. The molecule has 0 fully saturated rings. The molecule has 0 bridgehead atoms. The lowest BCUT2D eigenvalue weighted by Gasteiger charge is -2.13. The minimum atomic E-state index is 0.191. The maximum Gasteiger partial charge on any atom is 0.257 e. The molecule has 1 N–H and O–H groups in total. The topological polar surface area (TPSA) is 64.5 Å². The standard InChI is InChI=1S/C19H22Cl2N2O3/c1-13(10-14-15(20)11-22-12-16(14)21)17-6-7-18(25-2)19(23-17)26-9-5-3-4-8-24/h6-7,11-12,24H,1,3-5,8-10H2,2H3. The number of aliphatic hydroxyl groups excluding tert-OH is 1. The molecule has 0 radical (unpaired) electrons. The van der Waals surface area contributed by atoms with E-state index in [1.807, 2.05) is 6.07 Å². The Morgan fingerprint density at radius 1 is 1.15 bits per heavy atom. The van der Waals surface area contributed by atoms with Gasteiger partial charge in [0.2, 0.25) is 0 Å². The summed E-state index contributed by atoms with van der Waals surface area (Å²) in [4.78, 5) is 8.47. The van der Waals surface area contributed by atoms with Gasteiger partial charge in [-0.25, -0.2) is 4.98 Å². The van der Waals surface area contributed by atoms with Crippen molar-refractivity contribution >= 4 is 28.8 Å². The summed E-state index contributed by atoms with van der Waals surface area (Å²) in [5, 5.41) is 9.80. The molecule has 2 heterocycles. The number of ether oxygens (including phenoxy) is 2. The summed E-state index contributed by atoms with van der Waals surface area (Å²) in [7, 11) is 1.57. The van der Waals surface area contributed by atoms with E-state index in [0.717, 1.165) is 30.4 Å². The van der Waals surface area contributed by atoms with Gasteiger partial charge in [0.05, 0.1) is 29.5 Å². The van der Waals surface area contributed by atoms with E-state index in [2.05, 4.69) is 16.5 Å². The third-order valence-corrected chi connectivity index (χ3v) is 4.44. The molecule has 0 saturated carbocycles. The van der Waals surface area contributed by atoms with E-state index in [1.54, 1.807) is 25.6 Å². The fourth-order valence-electron chi connectivity index (χ4n) is 2.35. The summed E-state index contributed by atoms with van der Waals surface area (Å²) >= 11 is 12.4. The van der Waals surface area contributed by atoms with E-state index in [0.29, 0.717) is 40.4 Å². The van der Waals surface area contributed by atoms with Gasteiger partial charge in [-0.2, -0.15) is 0 Å². The summed E-state index contributed by atoms with van der Waals surface area (Å²) in [6, 6.07) is 3.62. The minimum Gasteiger partial charge on any atom is -0.491 e. The molecule has 0 aliphatic heterocycles. The maximum atomic E-state index is 8.82. The van der Waals surface area contributed by atoms with Gasteiger partial charge in [0.25, 0.3) is 5.88 Å². The van der Waals surface area contributed by atoms with Gasteiger partial charge in [-0.3, -0.25) is 4.98 Å². The van der Waals surface area contributed by atoms with Crippen LogP contribution in [0.2, 0.25) is 10.0 Å². The maximum absolute atomic E-state index is 8.82. The number of methoxy groups -OCH3 is 1. The average Bonchev–Trinajstić information content (AvgIpc) is 2.64. The molecule has 0 amide bonds. The summed E-state index contributed by atoms with van der Waals surface area (Å²) in [6.07, 6.45) is 6.05. The molecule has 7 heteroatoms. The number of aromatic nitrogens is 2. The summed E-state index contributed by atoms with van der Waals surface area (Å²) in [5.41, 5.74) is 2.20. The number of hydrogen-bond donors (Lipinski definition) is 1. The molecular weight excluding hydrogens is 375 g/mol. The van der Waals surface area contributed by atoms with Crippen LogP contribution in [0.1, 0.15) is 30.5 Å². The molecule has 0 aliphatic rings. The highest BCUT2D eigenvalue weighted by Crippen LogP contribution is 2.31. The zero-order valence-corrected chi connectivity index (χ0v) is 16.2. The fourth-order valence-corrected chi connectivity index (χ4v) is 2.85. The highest BCUT2D eigenvalue weighted by molar-refractivity contribution is 6.35. The highest BCUT2D eigenvalue weighted by Gasteiger charge is 2.13. The zero-order valence-electron chi connectivity index (χ0n) is 14.7. The van der Waals surface area contributed by atoms with Crippen LogP contribution in [0.5, 0.6) is 11.6 Å². The minimum absolute atomic E-state index is 0.191. The van der Waals surface area contributed by atoms with Crippen molar-refractivity contribution in [3.63, 3.8) is 0 Å². The summed E-state index contributed by atoms with van der Waals surface area (Å²) in [6.45, 7) is 4.79. The largest absolute Gasteiger partial charge is 0.491 e. The Hall–Kier alpha value is -1.82. The van der Waals surface area contributed by atoms with E-state index in [1.165, 1.54) is 0 Å². The third-order valence-electron chi connectivity index (χ3n) is 3.79. The van der Waals surface area contributed by atoms with E-state index in [-0.39, 0.29) is 6.61 Å². The van der Waals surface area contributed by atoms with Crippen LogP contribution in [-0.2, 0) is 6.42 Å². The molecule has 0 spiro atoms. The lowest BCUT2D eigenvalue weighted by atomic mass is 10.0.